The molecule has 1 N–H and O–H groups in total. The van der Waals surface area contributed by atoms with Gasteiger partial charge in [0.25, 0.3) is 0 Å². The molecule has 4 nitrogen and oxygen atoms in total. The molecule has 2 aliphatic carbocycles. The molecule has 2 aromatic carbocycles. The van der Waals surface area contributed by atoms with Crippen LogP contribution < -0.4 is 21.0 Å². The van der Waals surface area contributed by atoms with Gasteiger partial charge in [-0.15, -0.1) is 0 Å². The van der Waals surface area contributed by atoms with Crippen molar-refractivity contribution in [2.24, 2.45) is 0 Å². The van der Waals surface area contributed by atoms with Crippen LogP contribution in [0.4, 0.5) is 11.4 Å². The summed E-state index contributed by atoms with van der Waals surface area (Å²) >= 11 is 0. The van der Waals surface area contributed by atoms with E-state index in [2.05, 4.69) is 0 Å². The minimum Gasteiger partial charge on any atom is -0.515 e. The van der Waals surface area contributed by atoms with Crippen molar-refractivity contribution >= 4 is 28.4 Å². The number of para-hydroxylation sites is 1. The van der Waals surface area contributed by atoms with Gasteiger partial charge < -0.3 is 10.0 Å². The van der Waals surface area contributed by atoms with Crippen LogP contribution in [0.15, 0.2) is 70.3 Å². The first-order valence-electron chi connectivity index (χ1n) is 7.91. The standard InChI is InChI=1S/C21H15NO3/c1-22(14-7-3-2-4-8-14)20-15-9-5-6-13-10-11-17(24)19(18(13)15)21(25)16(20)12-23/h2-12,23H,1H3/b16-12+. The average molecular weight is 329 g/mol. The predicted octanol–water partition coefficient (Wildman–Crippen LogP) is 2.51. The highest BCUT2D eigenvalue weighted by Gasteiger charge is 2.16. The number of aliphatic hydroxyl groups excluding tert-OH is 1. The second-order valence-corrected chi connectivity index (χ2v) is 5.96. The first-order chi connectivity index (χ1) is 12.1. The van der Waals surface area contributed by atoms with Gasteiger partial charge in [-0.1, -0.05) is 42.5 Å². The van der Waals surface area contributed by atoms with Crippen molar-refractivity contribution in [3.05, 3.63) is 96.8 Å². The van der Waals surface area contributed by atoms with E-state index in [1.54, 1.807) is 6.07 Å². The van der Waals surface area contributed by atoms with Gasteiger partial charge in [-0.25, -0.2) is 0 Å². The highest BCUT2D eigenvalue weighted by atomic mass is 16.2. The largest absolute Gasteiger partial charge is 0.515 e. The van der Waals surface area contributed by atoms with Crippen LogP contribution in [0.1, 0.15) is 0 Å². The van der Waals surface area contributed by atoms with E-state index in [1.807, 2.05) is 60.5 Å². The summed E-state index contributed by atoms with van der Waals surface area (Å²) in [6.07, 6.45) is 0.797. The maximum Gasteiger partial charge on any atom is 0.202 e. The summed E-state index contributed by atoms with van der Waals surface area (Å²) in [7, 11) is 1.84. The lowest BCUT2D eigenvalue weighted by molar-refractivity contribution is 0.540. The smallest absolute Gasteiger partial charge is 0.202 e. The molecule has 0 saturated carbocycles. The fraction of sp³-hybridized carbons (Fsp3) is 0.0476. The van der Waals surface area contributed by atoms with Gasteiger partial charge in [0.15, 0.2) is 5.43 Å². The van der Waals surface area contributed by atoms with Crippen molar-refractivity contribution in [2.45, 2.75) is 0 Å². The molecule has 122 valence electrons. The van der Waals surface area contributed by atoms with E-state index < -0.39 is 5.43 Å². The quantitative estimate of drug-likeness (QED) is 0.614. The molecule has 2 aliphatic rings. The van der Waals surface area contributed by atoms with Gasteiger partial charge in [0.2, 0.25) is 5.43 Å². The van der Waals surface area contributed by atoms with Gasteiger partial charge in [0, 0.05) is 23.3 Å². The monoisotopic (exact) mass is 329 g/mol. The third-order valence-electron chi connectivity index (χ3n) is 4.60. The predicted molar refractivity (Wildman–Crippen MR) is 99.8 cm³/mol. The van der Waals surface area contributed by atoms with Gasteiger partial charge >= 0.3 is 0 Å². The Morgan fingerprint density at radius 2 is 1.64 bits per heavy atom. The number of nitrogens with zero attached hydrogens (tertiary/aromatic N) is 1. The highest BCUT2D eigenvalue weighted by Crippen LogP contribution is 2.26. The molecule has 2 aromatic rings. The fourth-order valence-electron chi connectivity index (χ4n) is 3.43. The summed E-state index contributed by atoms with van der Waals surface area (Å²) in [6.45, 7) is 0. The number of aliphatic hydroxyl groups is 1. The number of rotatable bonds is 2. The lowest BCUT2D eigenvalue weighted by Gasteiger charge is -2.22. The maximum absolute atomic E-state index is 12.9. The topological polar surface area (TPSA) is 57.6 Å². The molecule has 0 aromatic heterocycles. The molecule has 0 amide bonds. The minimum absolute atomic E-state index is 0.120. The van der Waals surface area contributed by atoms with Crippen LogP contribution in [-0.2, 0) is 0 Å². The normalized spacial score (nSPS) is 12.1. The molecular weight excluding hydrogens is 314 g/mol. The lowest BCUT2D eigenvalue weighted by atomic mass is 9.99. The minimum atomic E-state index is -0.449. The number of hydrogen-bond donors (Lipinski definition) is 1. The van der Waals surface area contributed by atoms with E-state index in [1.165, 1.54) is 6.07 Å². The average Bonchev–Trinajstić information content (AvgIpc) is 2.65. The summed E-state index contributed by atoms with van der Waals surface area (Å²) in [5, 5.41) is 12.2. The summed E-state index contributed by atoms with van der Waals surface area (Å²) in [6, 6.07) is 18.3. The van der Waals surface area contributed by atoms with Crippen LogP contribution >= 0.6 is 0 Å². The zero-order valence-electron chi connectivity index (χ0n) is 13.6. The number of benzene rings is 2. The molecule has 4 rings (SSSR count). The zero-order chi connectivity index (χ0) is 17.6. The van der Waals surface area contributed by atoms with Gasteiger partial charge in [0.05, 0.1) is 22.4 Å². The molecule has 0 saturated heterocycles. The highest BCUT2D eigenvalue weighted by molar-refractivity contribution is 5.87. The van der Waals surface area contributed by atoms with Crippen LogP contribution in [0.5, 0.6) is 0 Å². The van der Waals surface area contributed by atoms with Crippen LogP contribution in [0.25, 0.3) is 17.0 Å². The van der Waals surface area contributed by atoms with Gasteiger partial charge in [-0.05, 0) is 23.6 Å². The van der Waals surface area contributed by atoms with Crippen molar-refractivity contribution < 1.29 is 5.11 Å². The summed E-state index contributed by atoms with van der Waals surface area (Å²) in [5.74, 6) is 0. The fourth-order valence-corrected chi connectivity index (χ4v) is 3.43. The third-order valence-corrected chi connectivity index (χ3v) is 4.60. The van der Waals surface area contributed by atoms with Crippen LogP contribution in [0.2, 0.25) is 0 Å². The third kappa shape index (κ3) is 2.15. The van der Waals surface area contributed by atoms with Crippen molar-refractivity contribution in [1.82, 2.24) is 0 Å². The zero-order valence-corrected chi connectivity index (χ0v) is 13.6. The Hall–Kier alpha value is -3.40. The van der Waals surface area contributed by atoms with Gasteiger partial charge in [-0.2, -0.15) is 0 Å². The van der Waals surface area contributed by atoms with E-state index in [0.29, 0.717) is 10.9 Å². The Morgan fingerprint density at radius 1 is 0.880 bits per heavy atom. The molecule has 0 radical (unpaired) electrons. The lowest BCUT2D eigenvalue weighted by Crippen LogP contribution is -2.35. The van der Waals surface area contributed by atoms with Gasteiger partial charge in [0.1, 0.15) is 0 Å². The van der Waals surface area contributed by atoms with E-state index in [9.17, 15) is 14.7 Å². The Morgan fingerprint density at radius 3 is 2.36 bits per heavy atom. The molecule has 25 heavy (non-hydrogen) atoms. The maximum atomic E-state index is 12.9. The summed E-state index contributed by atoms with van der Waals surface area (Å²) in [5.41, 5.74) is 0.686. The van der Waals surface area contributed by atoms with Crippen molar-refractivity contribution in [3.63, 3.8) is 0 Å². The van der Waals surface area contributed by atoms with Crippen molar-refractivity contribution in [3.8, 4) is 0 Å². The summed E-state index contributed by atoms with van der Waals surface area (Å²) < 4.78 is 0. The molecule has 0 heterocycles. The first-order valence-corrected chi connectivity index (χ1v) is 7.91. The molecule has 0 atom stereocenters. The molecule has 0 spiro atoms. The van der Waals surface area contributed by atoms with Crippen LogP contribution in [-0.4, -0.2) is 12.2 Å². The van der Waals surface area contributed by atoms with E-state index >= 15 is 0 Å². The first kappa shape index (κ1) is 15.1. The second kappa shape index (κ2) is 5.60. The molecule has 0 unspecified atom stereocenters. The van der Waals surface area contributed by atoms with Crippen molar-refractivity contribution in [2.75, 3.05) is 11.9 Å². The molecule has 0 fully saturated rings. The van der Waals surface area contributed by atoms with Crippen LogP contribution in [0.3, 0.4) is 0 Å². The second-order valence-electron chi connectivity index (χ2n) is 5.96. The molecule has 4 heteroatoms. The Labute approximate surface area is 142 Å². The van der Waals surface area contributed by atoms with Crippen molar-refractivity contribution in [1.29, 1.82) is 0 Å². The van der Waals surface area contributed by atoms with E-state index in [-0.39, 0.29) is 15.9 Å². The molecular formula is C21H15NO3. The van der Waals surface area contributed by atoms with E-state index in [4.69, 9.17) is 0 Å². The summed E-state index contributed by atoms with van der Waals surface area (Å²) in [4.78, 5) is 27.1. The Bertz CT molecular complexity index is 1300. The molecule has 0 aliphatic heterocycles. The Kier molecular flexibility index (Phi) is 3.39. The van der Waals surface area contributed by atoms with E-state index in [0.717, 1.165) is 22.7 Å². The SMILES string of the molecule is CN(c1ccccc1)c1/c(=C\O)c(=O)c2c(=O)ccc3cccc1c3=2. The molecule has 0 bridgehead atoms. The van der Waals surface area contributed by atoms with Crippen LogP contribution in [0, 0.1) is 10.4 Å². The number of anilines is 2. The number of hydrogen-bond acceptors (Lipinski definition) is 4. The Balaban J connectivity index is 2.29. The van der Waals surface area contributed by atoms with Gasteiger partial charge in [-0.3, -0.25) is 9.59 Å².